The summed E-state index contributed by atoms with van der Waals surface area (Å²) in [5.41, 5.74) is 1.75. The zero-order chi connectivity index (χ0) is 18.5. The Bertz CT molecular complexity index is 956. The number of unbranched alkanes of at least 4 members (excludes halogenated alkanes) is 1. The van der Waals surface area contributed by atoms with Crippen LogP contribution in [0.2, 0.25) is 0 Å². The van der Waals surface area contributed by atoms with Crippen molar-refractivity contribution < 1.29 is 14.3 Å². The number of rotatable bonds is 7. The molecule has 0 atom stereocenters. The second-order valence-electron chi connectivity index (χ2n) is 6.58. The lowest BCUT2D eigenvalue weighted by Gasteiger charge is -2.09. The summed E-state index contributed by atoms with van der Waals surface area (Å²) in [4.78, 5) is 11.3. The average Bonchev–Trinajstić information content (AvgIpc) is 2.66. The largest absolute Gasteiger partial charge is 0.497 e. The highest BCUT2D eigenvalue weighted by Crippen LogP contribution is 2.29. The SMILES string of the molecule is C=C(C)C(=O)OCCCCc1ccc2c(ccc3cc(OC)ccc32)c1. The van der Waals surface area contributed by atoms with E-state index in [9.17, 15) is 4.79 Å². The minimum atomic E-state index is -0.306. The second-order valence-corrected chi connectivity index (χ2v) is 6.58. The number of benzene rings is 3. The van der Waals surface area contributed by atoms with Crippen molar-refractivity contribution >= 4 is 27.5 Å². The average molecular weight is 348 g/mol. The summed E-state index contributed by atoms with van der Waals surface area (Å²) >= 11 is 0. The van der Waals surface area contributed by atoms with Crippen LogP contribution in [0.1, 0.15) is 25.3 Å². The molecule has 0 N–H and O–H groups in total. The Morgan fingerprint density at radius 3 is 2.35 bits per heavy atom. The molecule has 0 aliphatic heterocycles. The Morgan fingerprint density at radius 2 is 1.65 bits per heavy atom. The summed E-state index contributed by atoms with van der Waals surface area (Å²) in [6, 6.07) is 17.1. The zero-order valence-electron chi connectivity index (χ0n) is 15.4. The number of carbonyl (C=O) groups excluding carboxylic acids is 1. The summed E-state index contributed by atoms with van der Waals surface area (Å²) in [5.74, 6) is 0.569. The zero-order valence-corrected chi connectivity index (χ0v) is 15.4. The van der Waals surface area contributed by atoms with Crippen molar-refractivity contribution in [3.05, 3.63) is 66.2 Å². The highest BCUT2D eigenvalue weighted by molar-refractivity contribution is 6.07. The molecule has 3 heteroatoms. The van der Waals surface area contributed by atoms with E-state index < -0.39 is 0 Å². The van der Waals surface area contributed by atoms with E-state index in [2.05, 4.69) is 49.0 Å². The van der Waals surface area contributed by atoms with Crippen molar-refractivity contribution in [2.45, 2.75) is 26.2 Å². The van der Waals surface area contributed by atoms with Crippen molar-refractivity contribution in [1.29, 1.82) is 0 Å². The number of fused-ring (bicyclic) bond motifs is 3. The highest BCUT2D eigenvalue weighted by Gasteiger charge is 2.05. The first kappa shape index (κ1) is 18.0. The number of ether oxygens (including phenoxy) is 2. The molecule has 0 aliphatic rings. The van der Waals surface area contributed by atoms with Crippen molar-refractivity contribution in [3.8, 4) is 5.75 Å². The Hall–Kier alpha value is -2.81. The van der Waals surface area contributed by atoms with Gasteiger partial charge in [-0.1, -0.05) is 43.0 Å². The summed E-state index contributed by atoms with van der Waals surface area (Å²) in [6.07, 6.45) is 2.82. The van der Waals surface area contributed by atoms with Gasteiger partial charge in [0, 0.05) is 5.57 Å². The molecule has 3 nitrogen and oxygen atoms in total. The number of esters is 1. The third-order valence-electron chi connectivity index (χ3n) is 4.55. The quantitative estimate of drug-likeness (QED) is 0.247. The molecule has 0 aliphatic carbocycles. The summed E-state index contributed by atoms with van der Waals surface area (Å²) in [5, 5.41) is 4.92. The fraction of sp³-hybridized carbons (Fsp3) is 0.261. The fourth-order valence-corrected chi connectivity index (χ4v) is 3.10. The molecule has 0 aromatic heterocycles. The van der Waals surface area contributed by atoms with E-state index in [0.29, 0.717) is 12.2 Å². The monoisotopic (exact) mass is 348 g/mol. The molecule has 0 fully saturated rings. The molecule has 0 saturated carbocycles. The topological polar surface area (TPSA) is 35.5 Å². The normalized spacial score (nSPS) is 10.8. The van der Waals surface area contributed by atoms with E-state index in [1.165, 1.54) is 27.1 Å². The number of hydrogen-bond donors (Lipinski definition) is 0. The molecular formula is C23H24O3. The van der Waals surface area contributed by atoms with Gasteiger partial charge in [0.15, 0.2) is 0 Å². The second kappa shape index (κ2) is 8.05. The smallest absolute Gasteiger partial charge is 0.333 e. The van der Waals surface area contributed by atoms with Gasteiger partial charge in [-0.25, -0.2) is 4.79 Å². The molecule has 0 bridgehead atoms. The number of methoxy groups -OCH3 is 1. The molecule has 134 valence electrons. The predicted octanol–water partition coefficient (Wildman–Crippen LogP) is 5.44. The third kappa shape index (κ3) is 4.05. The van der Waals surface area contributed by atoms with Crippen LogP contribution < -0.4 is 4.74 Å². The summed E-state index contributed by atoms with van der Waals surface area (Å²) in [7, 11) is 1.69. The highest BCUT2D eigenvalue weighted by atomic mass is 16.5. The van der Waals surface area contributed by atoms with Gasteiger partial charge in [-0.2, -0.15) is 0 Å². The van der Waals surface area contributed by atoms with Crippen molar-refractivity contribution in [3.63, 3.8) is 0 Å². The van der Waals surface area contributed by atoms with Crippen LogP contribution in [0.15, 0.2) is 60.7 Å². The minimum absolute atomic E-state index is 0.306. The van der Waals surface area contributed by atoms with Gasteiger partial charge in [-0.15, -0.1) is 0 Å². The maximum absolute atomic E-state index is 11.3. The number of aryl methyl sites for hydroxylation is 1. The fourth-order valence-electron chi connectivity index (χ4n) is 3.10. The lowest BCUT2D eigenvalue weighted by atomic mass is 9.98. The van der Waals surface area contributed by atoms with Crippen LogP contribution in [-0.4, -0.2) is 19.7 Å². The number of carbonyl (C=O) groups is 1. The minimum Gasteiger partial charge on any atom is -0.497 e. The van der Waals surface area contributed by atoms with Gasteiger partial charge < -0.3 is 9.47 Å². The first-order valence-corrected chi connectivity index (χ1v) is 8.90. The van der Waals surface area contributed by atoms with Crippen LogP contribution in [0.3, 0.4) is 0 Å². The van der Waals surface area contributed by atoms with E-state index in [1.807, 2.05) is 6.07 Å². The Kier molecular flexibility index (Phi) is 5.57. The molecule has 0 amide bonds. The van der Waals surface area contributed by atoms with Gasteiger partial charge in [0.05, 0.1) is 13.7 Å². The lowest BCUT2D eigenvalue weighted by molar-refractivity contribution is -0.139. The maximum Gasteiger partial charge on any atom is 0.333 e. The van der Waals surface area contributed by atoms with Crippen LogP contribution in [0, 0.1) is 0 Å². The lowest BCUT2D eigenvalue weighted by Crippen LogP contribution is -2.06. The van der Waals surface area contributed by atoms with Crippen LogP contribution >= 0.6 is 0 Å². The summed E-state index contributed by atoms with van der Waals surface area (Å²) < 4.78 is 10.4. The van der Waals surface area contributed by atoms with Gasteiger partial charge >= 0.3 is 5.97 Å². The standard InChI is InChI=1S/C23H24O3/c1-16(2)23(24)26-13-5-4-6-17-7-11-21-18(14-17)8-9-19-15-20(25-3)10-12-22(19)21/h7-12,14-15H,1,4-6,13H2,2-3H3. The van der Waals surface area contributed by atoms with Gasteiger partial charge in [0.2, 0.25) is 0 Å². The first-order chi connectivity index (χ1) is 12.6. The Labute approximate surface area is 154 Å². The van der Waals surface area contributed by atoms with E-state index in [4.69, 9.17) is 9.47 Å². The third-order valence-corrected chi connectivity index (χ3v) is 4.55. The van der Waals surface area contributed by atoms with Gasteiger partial charge in [0.1, 0.15) is 5.75 Å². The van der Waals surface area contributed by atoms with Crippen LogP contribution in [-0.2, 0) is 16.0 Å². The molecule has 3 aromatic rings. The van der Waals surface area contributed by atoms with Crippen molar-refractivity contribution in [2.75, 3.05) is 13.7 Å². The molecule has 3 aromatic carbocycles. The van der Waals surface area contributed by atoms with Crippen LogP contribution in [0.4, 0.5) is 0 Å². The predicted molar refractivity (Wildman–Crippen MR) is 107 cm³/mol. The molecule has 0 unspecified atom stereocenters. The first-order valence-electron chi connectivity index (χ1n) is 8.90. The van der Waals surface area contributed by atoms with E-state index in [0.717, 1.165) is 25.0 Å². The van der Waals surface area contributed by atoms with Crippen molar-refractivity contribution in [2.24, 2.45) is 0 Å². The van der Waals surface area contributed by atoms with Crippen molar-refractivity contribution in [1.82, 2.24) is 0 Å². The van der Waals surface area contributed by atoms with E-state index in [1.54, 1.807) is 14.0 Å². The van der Waals surface area contributed by atoms with Crippen LogP contribution in [0.5, 0.6) is 5.75 Å². The molecule has 0 saturated heterocycles. The molecule has 26 heavy (non-hydrogen) atoms. The molecule has 0 radical (unpaired) electrons. The molecule has 0 spiro atoms. The maximum atomic E-state index is 11.3. The summed E-state index contributed by atoms with van der Waals surface area (Å²) in [6.45, 7) is 5.69. The van der Waals surface area contributed by atoms with Gasteiger partial charge in [-0.05, 0) is 65.4 Å². The van der Waals surface area contributed by atoms with E-state index in [-0.39, 0.29) is 5.97 Å². The van der Waals surface area contributed by atoms with Crippen LogP contribution in [0.25, 0.3) is 21.5 Å². The van der Waals surface area contributed by atoms with Gasteiger partial charge in [0.25, 0.3) is 0 Å². The Morgan fingerprint density at radius 1 is 0.962 bits per heavy atom. The van der Waals surface area contributed by atoms with E-state index >= 15 is 0 Å². The molecule has 3 rings (SSSR count). The molecule has 0 heterocycles. The molecular weight excluding hydrogens is 324 g/mol. The number of hydrogen-bond acceptors (Lipinski definition) is 3. The van der Waals surface area contributed by atoms with Gasteiger partial charge in [-0.3, -0.25) is 0 Å². The Balaban J connectivity index is 1.67.